The Morgan fingerprint density at radius 3 is 2.74 bits per heavy atom. The highest BCUT2D eigenvalue weighted by Crippen LogP contribution is 2.44. The monoisotopic (exact) mass is 489 g/mol. The Morgan fingerprint density at radius 2 is 2.00 bits per heavy atom. The predicted octanol–water partition coefficient (Wildman–Crippen LogP) is 4.21. The van der Waals surface area contributed by atoms with Crippen molar-refractivity contribution in [2.75, 3.05) is 30.4 Å². The maximum Gasteiger partial charge on any atom is 0.253 e. The number of H-pyrrole nitrogens is 1. The molecule has 4 heterocycles. The normalized spacial score (nSPS) is 20.2. The molecule has 0 bridgehead atoms. The number of carbonyl (C=O) groups is 1. The Labute approximate surface area is 206 Å². The molecule has 2 aromatic heterocycles. The van der Waals surface area contributed by atoms with Crippen molar-refractivity contribution in [3.63, 3.8) is 0 Å². The zero-order chi connectivity index (χ0) is 24.2. The number of aliphatic hydroxyl groups is 1. The number of aromatic nitrogens is 2. The Kier molecular flexibility index (Phi) is 5.17. The van der Waals surface area contributed by atoms with Gasteiger partial charge in [0.2, 0.25) is 0 Å². The number of nitrogens with one attached hydrogen (secondary N) is 3. The first kappa shape index (κ1) is 21.9. The van der Waals surface area contributed by atoms with Crippen LogP contribution in [-0.2, 0) is 4.79 Å². The molecule has 9 heteroatoms. The van der Waals surface area contributed by atoms with Gasteiger partial charge in [0.25, 0.3) is 5.91 Å². The van der Waals surface area contributed by atoms with Crippen molar-refractivity contribution in [3.8, 4) is 11.5 Å². The molecule has 2 unspecified atom stereocenters. The Bertz CT molecular complexity index is 1430. The number of ether oxygens (including phenoxy) is 1. The number of pyridine rings is 1. The molecule has 0 radical (unpaired) electrons. The van der Waals surface area contributed by atoms with Crippen LogP contribution in [0.4, 0.5) is 11.4 Å². The van der Waals surface area contributed by atoms with E-state index in [0.29, 0.717) is 51.9 Å². The highest BCUT2D eigenvalue weighted by molar-refractivity contribution is 6.31. The molecule has 4 aromatic rings. The second-order valence-corrected chi connectivity index (χ2v) is 9.39. The number of rotatable bonds is 4. The third kappa shape index (κ3) is 3.53. The zero-order valence-corrected chi connectivity index (χ0v) is 19.8. The summed E-state index contributed by atoms with van der Waals surface area (Å²) in [5.41, 5.74) is 2.52. The molecule has 4 N–H and O–H groups in total. The predicted molar refractivity (Wildman–Crippen MR) is 135 cm³/mol. The number of aliphatic hydroxyl groups excluding tert-OH is 1. The van der Waals surface area contributed by atoms with E-state index in [2.05, 4.69) is 20.6 Å². The summed E-state index contributed by atoms with van der Waals surface area (Å²) in [7, 11) is 1.76. The molecule has 2 aliphatic rings. The second-order valence-electron chi connectivity index (χ2n) is 8.99. The number of likely N-dealkylation sites (N-methyl/N-ethyl adjacent to an activating group) is 1. The topological polar surface area (TPSA) is 103 Å². The number of hydrogen-bond donors (Lipinski definition) is 4. The van der Waals surface area contributed by atoms with E-state index in [9.17, 15) is 9.90 Å². The van der Waals surface area contributed by atoms with Crippen LogP contribution in [0.15, 0.2) is 60.9 Å². The van der Waals surface area contributed by atoms with Crippen LogP contribution in [-0.4, -0.2) is 46.7 Å². The molecule has 178 valence electrons. The third-order valence-electron chi connectivity index (χ3n) is 6.85. The lowest BCUT2D eigenvalue weighted by molar-refractivity contribution is -0.122. The van der Waals surface area contributed by atoms with Crippen molar-refractivity contribution >= 4 is 39.9 Å². The number of amides is 1. The summed E-state index contributed by atoms with van der Waals surface area (Å²) in [5.74, 6) is 1.28. The molecular weight excluding hydrogens is 466 g/mol. The number of fused-ring (bicyclic) bond motifs is 3. The largest absolute Gasteiger partial charge is 0.457 e. The van der Waals surface area contributed by atoms with E-state index in [1.165, 1.54) is 0 Å². The van der Waals surface area contributed by atoms with Gasteiger partial charge in [-0.2, -0.15) is 0 Å². The molecule has 2 atom stereocenters. The molecule has 1 fully saturated rings. The van der Waals surface area contributed by atoms with Crippen LogP contribution in [0.25, 0.3) is 11.0 Å². The smallest absolute Gasteiger partial charge is 0.253 e. The quantitative estimate of drug-likeness (QED) is 0.342. The van der Waals surface area contributed by atoms with Gasteiger partial charge in [0, 0.05) is 30.9 Å². The fourth-order valence-electron chi connectivity index (χ4n) is 5.00. The minimum Gasteiger partial charge on any atom is -0.457 e. The van der Waals surface area contributed by atoms with Gasteiger partial charge in [-0.1, -0.05) is 35.9 Å². The number of nitrogens with zero attached hydrogens (tertiary/aromatic N) is 2. The van der Waals surface area contributed by atoms with Gasteiger partial charge in [-0.15, -0.1) is 0 Å². The van der Waals surface area contributed by atoms with Gasteiger partial charge in [0.15, 0.2) is 0 Å². The van der Waals surface area contributed by atoms with Crippen LogP contribution in [0.5, 0.6) is 11.5 Å². The maximum atomic E-state index is 13.1. The average Bonchev–Trinajstić information content (AvgIpc) is 3.51. The van der Waals surface area contributed by atoms with Crippen molar-refractivity contribution in [2.24, 2.45) is 0 Å². The molecule has 1 spiro atoms. The highest BCUT2D eigenvalue weighted by Gasteiger charge is 2.47. The van der Waals surface area contributed by atoms with Crippen molar-refractivity contribution < 1.29 is 14.6 Å². The zero-order valence-electron chi connectivity index (χ0n) is 19.0. The summed E-state index contributed by atoms with van der Waals surface area (Å²) in [4.78, 5) is 22.5. The standard InChI is InChI=1S/C26H24ClN5O3/c1-32-20-13-30-24-21(22(20)31-26(25(32)34)9-10-28-14-26)18(12-29-24)23(33)17-8-7-16(11-19(17)27)35-15-5-3-2-4-6-15/h2-8,11-13,23,28,31,33H,9-10,14H2,1H3,(H,29,30). The fraction of sp³-hybridized carbons (Fsp3) is 0.231. The molecule has 1 amide bonds. The van der Waals surface area contributed by atoms with E-state index in [0.717, 1.165) is 17.6 Å². The van der Waals surface area contributed by atoms with Gasteiger partial charge in [-0.3, -0.25) is 4.79 Å². The Morgan fingerprint density at radius 1 is 1.17 bits per heavy atom. The number of aromatic amines is 1. The molecule has 0 aliphatic carbocycles. The average molecular weight is 490 g/mol. The summed E-state index contributed by atoms with van der Waals surface area (Å²) in [6.07, 6.45) is 3.08. The van der Waals surface area contributed by atoms with Crippen molar-refractivity contribution in [1.29, 1.82) is 0 Å². The first-order valence-corrected chi connectivity index (χ1v) is 11.8. The van der Waals surface area contributed by atoms with Crippen LogP contribution in [0.3, 0.4) is 0 Å². The van der Waals surface area contributed by atoms with Gasteiger partial charge >= 0.3 is 0 Å². The summed E-state index contributed by atoms with van der Waals surface area (Å²) in [6, 6.07) is 14.7. The number of benzene rings is 2. The maximum absolute atomic E-state index is 13.1. The van der Waals surface area contributed by atoms with Crippen LogP contribution < -0.4 is 20.3 Å². The van der Waals surface area contributed by atoms with Crippen molar-refractivity contribution in [1.82, 2.24) is 15.3 Å². The van der Waals surface area contributed by atoms with Gasteiger partial charge in [0.05, 0.1) is 28.0 Å². The fourth-order valence-corrected chi connectivity index (χ4v) is 5.27. The second kappa shape index (κ2) is 8.27. The van der Waals surface area contributed by atoms with Crippen LogP contribution >= 0.6 is 11.6 Å². The van der Waals surface area contributed by atoms with E-state index < -0.39 is 11.6 Å². The molecular formula is C26H24ClN5O3. The van der Waals surface area contributed by atoms with Crippen LogP contribution in [0, 0.1) is 0 Å². The van der Waals surface area contributed by atoms with Crippen molar-refractivity contribution in [2.45, 2.75) is 18.1 Å². The number of para-hydroxylation sites is 1. The SMILES string of the molecule is CN1C(=O)C2(CCNC2)Nc2c1cnc1[nH]cc(C(O)c3ccc(Oc4ccccc4)cc3Cl)c21. The van der Waals surface area contributed by atoms with Crippen molar-refractivity contribution in [3.05, 3.63) is 77.1 Å². The van der Waals surface area contributed by atoms with E-state index in [-0.39, 0.29) is 5.91 Å². The third-order valence-corrected chi connectivity index (χ3v) is 7.17. The summed E-state index contributed by atoms with van der Waals surface area (Å²) in [6.45, 7) is 1.29. The van der Waals surface area contributed by atoms with E-state index in [4.69, 9.17) is 16.3 Å². The molecule has 2 aliphatic heterocycles. The molecule has 0 saturated carbocycles. The molecule has 8 nitrogen and oxygen atoms in total. The van der Waals surface area contributed by atoms with Crippen LogP contribution in [0.1, 0.15) is 23.7 Å². The lowest BCUT2D eigenvalue weighted by Crippen LogP contribution is -2.57. The molecule has 2 aromatic carbocycles. The van der Waals surface area contributed by atoms with Gasteiger partial charge in [0.1, 0.15) is 28.8 Å². The first-order chi connectivity index (χ1) is 17.0. The summed E-state index contributed by atoms with van der Waals surface area (Å²) >= 11 is 6.60. The lowest BCUT2D eigenvalue weighted by Gasteiger charge is -2.40. The summed E-state index contributed by atoms with van der Waals surface area (Å²) < 4.78 is 5.87. The molecule has 6 rings (SSSR count). The number of halogens is 1. The minimum atomic E-state index is -1.02. The Balaban J connectivity index is 1.39. The van der Waals surface area contributed by atoms with E-state index >= 15 is 0 Å². The number of hydrogen-bond acceptors (Lipinski definition) is 6. The minimum absolute atomic E-state index is 0.00540. The van der Waals surface area contributed by atoms with Gasteiger partial charge < -0.3 is 30.4 Å². The molecule has 1 saturated heterocycles. The first-order valence-electron chi connectivity index (χ1n) is 11.4. The van der Waals surface area contributed by atoms with Gasteiger partial charge in [-0.05, 0) is 37.2 Å². The number of anilines is 2. The van der Waals surface area contributed by atoms with E-state index in [1.807, 2.05) is 30.3 Å². The van der Waals surface area contributed by atoms with Crippen LogP contribution in [0.2, 0.25) is 5.02 Å². The molecule has 35 heavy (non-hydrogen) atoms. The number of carbonyl (C=O) groups excluding carboxylic acids is 1. The lowest BCUT2D eigenvalue weighted by atomic mass is 9.91. The Hall–Kier alpha value is -3.59. The van der Waals surface area contributed by atoms with Gasteiger partial charge in [-0.25, -0.2) is 4.98 Å². The van der Waals surface area contributed by atoms with E-state index in [1.54, 1.807) is 42.5 Å². The summed E-state index contributed by atoms with van der Waals surface area (Å²) in [5, 5.41) is 19.3. The highest BCUT2D eigenvalue weighted by atomic mass is 35.5.